The van der Waals surface area contributed by atoms with Crippen molar-refractivity contribution in [1.82, 2.24) is 0 Å². The van der Waals surface area contributed by atoms with E-state index in [0.29, 0.717) is 11.5 Å². The van der Waals surface area contributed by atoms with Crippen LogP contribution in [-0.4, -0.2) is 20.2 Å². The van der Waals surface area contributed by atoms with Gasteiger partial charge in [-0.3, -0.25) is 4.79 Å². The molecular formula is C18H20O4. The van der Waals surface area contributed by atoms with Gasteiger partial charge in [0.25, 0.3) is 0 Å². The van der Waals surface area contributed by atoms with Gasteiger partial charge in [0.1, 0.15) is 0 Å². The van der Waals surface area contributed by atoms with Crippen molar-refractivity contribution in [2.75, 3.05) is 14.2 Å². The van der Waals surface area contributed by atoms with Gasteiger partial charge < -0.3 is 14.2 Å². The molecule has 0 heterocycles. The second kappa shape index (κ2) is 6.98. The second-order valence-corrected chi connectivity index (χ2v) is 4.93. The van der Waals surface area contributed by atoms with Crippen molar-refractivity contribution in [2.45, 2.75) is 20.0 Å². The number of ether oxygens (including phenoxy) is 3. The van der Waals surface area contributed by atoms with Crippen LogP contribution in [-0.2, 0) is 9.53 Å². The monoisotopic (exact) mass is 300 g/mol. The summed E-state index contributed by atoms with van der Waals surface area (Å²) in [6.45, 7) is 3.39. The van der Waals surface area contributed by atoms with Gasteiger partial charge in [0.15, 0.2) is 17.6 Å². The van der Waals surface area contributed by atoms with Crippen molar-refractivity contribution < 1.29 is 19.0 Å². The van der Waals surface area contributed by atoms with Gasteiger partial charge in [-0.05, 0) is 18.6 Å². The molecule has 4 nitrogen and oxygen atoms in total. The minimum atomic E-state index is -0.538. The number of carbonyl (C=O) groups is 1. The fourth-order valence-corrected chi connectivity index (χ4v) is 2.46. The molecule has 0 fully saturated rings. The minimum Gasteiger partial charge on any atom is -0.493 e. The molecule has 2 aromatic rings. The minimum absolute atomic E-state index is 0.349. The Bertz CT molecular complexity index is 664. The lowest BCUT2D eigenvalue weighted by molar-refractivity contribution is -0.144. The number of methoxy groups -OCH3 is 2. The van der Waals surface area contributed by atoms with Gasteiger partial charge in [-0.1, -0.05) is 36.4 Å². The summed E-state index contributed by atoms with van der Waals surface area (Å²) in [7, 11) is 3.15. The molecule has 0 saturated carbocycles. The average molecular weight is 300 g/mol. The Hall–Kier alpha value is -2.49. The summed E-state index contributed by atoms with van der Waals surface area (Å²) in [5.74, 6) is 0.823. The van der Waals surface area contributed by atoms with Crippen LogP contribution in [0.1, 0.15) is 29.7 Å². The Labute approximate surface area is 130 Å². The summed E-state index contributed by atoms with van der Waals surface area (Å²) < 4.78 is 16.4. The van der Waals surface area contributed by atoms with E-state index in [-0.39, 0.29) is 5.97 Å². The standard InChI is InChI=1S/C18H20O4/c1-12-8-5-6-9-14(12)17(22-13(2)19)15-10-7-11-16(20-3)18(15)21-4/h5-11,17H,1-4H3. The Kier molecular flexibility index (Phi) is 5.04. The van der Waals surface area contributed by atoms with E-state index in [9.17, 15) is 4.79 Å². The molecule has 0 amide bonds. The molecule has 2 rings (SSSR count). The number of esters is 1. The van der Waals surface area contributed by atoms with Gasteiger partial charge in [-0.2, -0.15) is 0 Å². The van der Waals surface area contributed by atoms with E-state index < -0.39 is 6.10 Å². The maximum Gasteiger partial charge on any atom is 0.303 e. The third-order valence-corrected chi connectivity index (χ3v) is 3.47. The molecule has 0 spiro atoms. The molecule has 4 heteroatoms. The largest absolute Gasteiger partial charge is 0.493 e. The van der Waals surface area contributed by atoms with Crippen molar-refractivity contribution in [2.24, 2.45) is 0 Å². The molecule has 0 bridgehead atoms. The summed E-state index contributed by atoms with van der Waals surface area (Å²) in [5, 5.41) is 0. The van der Waals surface area contributed by atoms with E-state index in [1.807, 2.05) is 49.4 Å². The van der Waals surface area contributed by atoms with E-state index in [2.05, 4.69) is 0 Å². The molecule has 1 unspecified atom stereocenters. The fourth-order valence-electron chi connectivity index (χ4n) is 2.46. The maximum absolute atomic E-state index is 11.6. The van der Waals surface area contributed by atoms with Crippen LogP contribution >= 0.6 is 0 Å². The van der Waals surface area contributed by atoms with E-state index in [1.165, 1.54) is 6.92 Å². The first kappa shape index (κ1) is 15.9. The number of para-hydroxylation sites is 1. The van der Waals surface area contributed by atoms with Crippen molar-refractivity contribution in [3.05, 3.63) is 59.2 Å². The number of rotatable bonds is 5. The lowest BCUT2D eigenvalue weighted by Crippen LogP contribution is -2.13. The van der Waals surface area contributed by atoms with Crippen LogP contribution in [0.4, 0.5) is 0 Å². The summed E-state index contributed by atoms with van der Waals surface area (Å²) in [6.07, 6.45) is -0.538. The summed E-state index contributed by atoms with van der Waals surface area (Å²) in [4.78, 5) is 11.6. The van der Waals surface area contributed by atoms with Gasteiger partial charge in [-0.25, -0.2) is 0 Å². The third-order valence-electron chi connectivity index (χ3n) is 3.47. The van der Waals surface area contributed by atoms with Crippen LogP contribution in [0.2, 0.25) is 0 Å². The lowest BCUT2D eigenvalue weighted by atomic mass is 9.96. The molecule has 0 aliphatic rings. The molecule has 0 saturated heterocycles. The highest BCUT2D eigenvalue weighted by Gasteiger charge is 2.24. The molecule has 1 atom stereocenters. The highest BCUT2D eigenvalue weighted by Crippen LogP contribution is 2.39. The van der Waals surface area contributed by atoms with Crippen molar-refractivity contribution >= 4 is 5.97 Å². The predicted octanol–water partition coefficient (Wildman–Crippen LogP) is 3.66. The van der Waals surface area contributed by atoms with Gasteiger partial charge in [0, 0.05) is 18.1 Å². The first-order valence-corrected chi connectivity index (χ1v) is 7.02. The molecule has 2 aromatic carbocycles. The van der Waals surface area contributed by atoms with Crippen LogP contribution in [0.5, 0.6) is 11.5 Å². The Morgan fingerprint density at radius 1 is 0.955 bits per heavy atom. The Morgan fingerprint density at radius 3 is 2.23 bits per heavy atom. The first-order valence-electron chi connectivity index (χ1n) is 7.02. The zero-order chi connectivity index (χ0) is 16.1. The second-order valence-electron chi connectivity index (χ2n) is 4.93. The van der Waals surface area contributed by atoms with Crippen LogP contribution in [0.15, 0.2) is 42.5 Å². The Morgan fingerprint density at radius 2 is 1.64 bits per heavy atom. The lowest BCUT2D eigenvalue weighted by Gasteiger charge is -2.22. The molecule has 0 aromatic heterocycles. The summed E-state index contributed by atoms with van der Waals surface area (Å²) in [5.41, 5.74) is 2.72. The summed E-state index contributed by atoms with van der Waals surface area (Å²) >= 11 is 0. The highest BCUT2D eigenvalue weighted by atomic mass is 16.5. The van der Waals surface area contributed by atoms with Crippen molar-refractivity contribution in [3.63, 3.8) is 0 Å². The van der Waals surface area contributed by atoms with Gasteiger partial charge >= 0.3 is 5.97 Å². The molecule has 0 N–H and O–H groups in total. The first-order chi connectivity index (χ1) is 10.6. The zero-order valence-electron chi connectivity index (χ0n) is 13.3. The van der Waals surface area contributed by atoms with Gasteiger partial charge in [-0.15, -0.1) is 0 Å². The van der Waals surface area contributed by atoms with E-state index in [0.717, 1.165) is 16.7 Å². The number of carbonyl (C=O) groups excluding carboxylic acids is 1. The smallest absolute Gasteiger partial charge is 0.303 e. The molecule has 0 aliphatic carbocycles. The normalized spacial score (nSPS) is 11.6. The van der Waals surface area contributed by atoms with Crippen LogP contribution < -0.4 is 9.47 Å². The molecule has 0 radical (unpaired) electrons. The van der Waals surface area contributed by atoms with E-state index in [1.54, 1.807) is 14.2 Å². The van der Waals surface area contributed by atoms with Gasteiger partial charge in [0.2, 0.25) is 0 Å². The topological polar surface area (TPSA) is 44.8 Å². The van der Waals surface area contributed by atoms with Crippen molar-refractivity contribution in [1.29, 1.82) is 0 Å². The molecule has 0 aliphatic heterocycles. The van der Waals surface area contributed by atoms with Crippen LogP contribution in [0, 0.1) is 6.92 Å². The molecule has 22 heavy (non-hydrogen) atoms. The van der Waals surface area contributed by atoms with Crippen molar-refractivity contribution in [3.8, 4) is 11.5 Å². The third kappa shape index (κ3) is 3.22. The number of hydrogen-bond acceptors (Lipinski definition) is 4. The maximum atomic E-state index is 11.6. The number of hydrogen-bond donors (Lipinski definition) is 0. The van der Waals surface area contributed by atoms with Crippen LogP contribution in [0.25, 0.3) is 0 Å². The number of benzene rings is 2. The van der Waals surface area contributed by atoms with Gasteiger partial charge in [0.05, 0.1) is 14.2 Å². The van der Waals surface area contributed by atoms with E-state index >= 15 is 0 Å². The Balaban J connectivity index is 2.60. The SMILES string of the molecule is COc1cccc(C(OC(C)=O)c2ccccc2C)c1OC. The van der Waals surface area contributed by atoms with E-state index in [4.69, 9.17) is 14.2 Å². The highest BCUT2D eigenvalue weighted by molar-refractivity contribution is 5.67. The number of aryl methyl sites for hydroxylation is 1. The van der Waals surface area contributed by atoms with Crippen LogP contribution in [0.3, 0.4) is 0 Å². The summed E-state index contributed by atoms with van der Waals surface area (Å²) in [6, 6.07) is 13.3. The average Bonchev–Trinajstić information content (AvgIpc) is 2.52. The zero-order valence-corrected chi connectivity index (χ0v) is 13.3. The fraction of sp³-hybridized carbons (Fsp3) is 0.278. The quantitative estimate of drug-likeness (QED) is 0.790. The molecular weight excluding hydrogens is 280 g/mol. The molecule has 116 valence electrons. The predicted molar refractivity (Wildman–Crippen MR) is 84.3 cm³/mol.